The van der Waals surface area contributed by atoms with Gasteiger partial charge in [0.25, 0.3) is 0 Å². The lowest BCUT2D eigenvalue weighted by Gasteiger charge is -2.36. The first-order chi connectivity index (χ1) is 12.6. The largest absolute Gasteiger partial charge is 0.353 e. The Morgan fingerprint density at radius 3 is 2.27 bits per heavy atom. The molecule has 0 unspecified atom stereocenters. The Kier molecular flexibility index (Phi) is 4.49. The van der Waals surface area contributed by atoms with Crippen molar-refractivity contribution in [3.05, 3.63) is 47.3 Å². The molecule has 0 radical (unpaired) electrons. The maximum atomic E-state index is 11.5. The van der Waals surface area contributed by atoms with E-state index in [1.54, 1.807) is 6.92 Å². The zero-order valence-corrected chi connectivity index (χ0v) is 15.5. The van der Waals surface area contributed by atoms with Gasteiger partial charge in [0.2, 0.25) is 5.91 Å². The SMILES string of the molecule is CC(=O)N1CCN(c2cc(N3CCc4ccccc4C3)nc(C)n2)CC1. The first-order valence-electron chi connectivity index (χ1n) is 9.28. The molecule has 0 saturated carbocycles. The minimum absolute atomic E-state index is 0.149. The molecule has 0 atom stereocenters. The first-order valence-corrected chi connectivity index (χ1v) is 9.28. The van der Waals surface area contributed by atoms with E-state index in [9.17, 15) is 4.79 Å². The number of rotatable bonds is 2. The normalized spacial score (nSPS) is 17.2. The lowest BCUT2D eigenvalue weighted by Crippen LogP contribution is -2.48. The van der Waals surface area contributed by atoms with E-state index in [1.165, 1.54) is 11.1 Å². The van der Waals surface area contributed by atoms with Crippen LogP contribution in [0.25, 0.3) is 0 Å². The molecule has 0 aliphatic carbocycles. The molecule has 1 aromatic carbocycles. The van der Waals surface area contributed by atoms with Crippen LogP contribution in [0.4, 0.5) is 11.6 Å². The van der Waals surface area contributed by atoms with Crippen LogP contribution >= 0.6 is 0 Å². The number of amides is 1. The van der Waals surface area contributed by atoms with Gasteiger partial charge in [0.05, 0.1) is 0 Å². The molecule has 3 heterocycles. The van der Waals surface area contributed by atoms with E-state index in [2.05, 4.69) is 45.1 Å². The van der Waals surface area contributed by atoms with Crippen LogP contribution in [0.5, 0.6) is 0 Å². The van der Waals surface area contributed by atoms with Gasteiger partial charge in [-0.05, 0) is 24.5 Å². The van der Waals surface area contributed by atoms with Gasteiger partial charge in [0.1, 0.15) is 17.5 Å². The fourth-order valence-electron chi connectivity index (χ4n) is 3.80. The third-order valence-corrected chi connectivity index (χ3v) is 5.31. The summed E-state index contributed by atoms with van der Waals surface area (Å²) in [5, 5.41) is 0. The van der Waals surface area contributed by atoms with Crippen molar-refractivity contribution in [2.75, 3.05) is 42.5 Å². The average Bonchev–Trinajstić information content (AvgIpc) is 2.67. The summed E-state index contributed by atoms with van der Waals surface area (Å²) in [5.41, 5.74) is 2.82. The predicted octanol–water partition coefficient (Wildman–Crippen LogP) is 2.02. The average molecular weight is 351 g/mol. The highest BCUT2D eigenvalue weighted by Crippen LogP contribution is 2.26. The molecule has 1 saturated heterocycles. The van der Waals surface area contributed by atoms with Crippen LogP contribution in [0, 0.1) is 6.92 Å². The Labute approximate surface area is 154 Å². The Hall–Kier alpha value is -2.63. The number of aryl methyl sites for hydroxylation is 1. The van der Waals surface area contributed by atoms with Crippen LogP contribution in [0.1, 0.15) is 23.9 Å². The second-order valence-corrected chi connectivity index (χ2v) is 7.06. The molecule has 6 nitrogen and oxygen atoms in total. The van der Waals surface area contributed by atoms with Crippen LogP contribution in [0.15, 0.2) is 30.3 Å². The van der Waals surface area contributed by atoms with E-state index in [0.29, 0.717) is 0 Å². The number of carbonyl (C=O) groups excluding carboxylic acids is 1. The Bertz CT molecular complexity index is 814. The topological polar surface area (TPSA) is 52.6 Å². The van der Waals surface area contributed by atoms with Crippen molar-refractivity contribution in [3.8, 4) is 0 Å². The lowest BCUT2D eigenvalue weighted by atomic mass is 10.00. The summed E-state index contributed by atoms with van der Waals surface area (Å²) in [7, 11) is 0. The van der Waals surface area contributed by atoms with Crippen molar-refractivity contribution < 1.29 is 4.79 Å². The fourth-order valence-corrected chi connectivity index (χ4v) is 3.80. The molecule has 2 aromatic rings. The number of nitrogens with zero attached hydrogens (tertiary/aromatic N) is 5. The van der Waals surface area contributed by atoms with Crippen molar-refractivity contribution >= 4 is 17.5 Å². The maximum absolute atomic E-state index is 11.5. The molecule has 0 N–H and O–H groups in total. The lowest BCUT2D eigenvalue weighted by molar-refractivity contribution is -0.129. The molecule has 136 valence electrons. The highest BCUT2D eigenvalue weighted by Gasteiger charge is 2.22. The summed E-state index contributed by atoms with van der Waals surface area (Å²) < 4.78 is 0. The van der Waals surface area contributed by atoms with Crippen LogP contribution in [-0.4, -0.2) is 53.5 Å². The van der Waals surface area contributed by atoms with Gasteiger partial charge in [-0.3, -0.25) is 4.79 Å². The molecular formula is C20H25N5O. The standard InChI is InChI=1S/C20H25N5O/c1-15-21-19(24-11-9-23(10-12-24)16(2)26)13-20(22-15)25-8-7-17-5-3-4-6-18(17)14-25/h3-6,13H,7-12,14H2,1-2H3. The molecule has 4 rings (SSSR count). The molecule has 0 spiro atoms. The predicted molar refractivity (Wildman–Crippen MR) is 102 cm³/mol. The van der Waals surface area contributed by atoms with E-state index in [0.717, 1.165) is 63.1 Å². The number of benzene rings is 1. The Morgan fingerprint density at radius 1 is 0.923 bits per heavy atom. The summed E-state index contributed by atoms with van der Waals surface area (Å²) in [6.07, 6.45) is 1.05. The smallest absolute Gasteiger partial charge is 0.219 e. The molecule has 2 aliphatic rings. The van der Waals surface area contributed by atoms with E-state index in [-0.39, 0.29) is 5.91 Å². The molecule has 2 aliphatic heterocycles. The van der Waals surface area contributed by atoms with Gasteiger partial charge in [-0.15, -0.1) is 0 Å². The van der Waals surface area contributed by atoms with Gasteiger partial charge < -0.3 is 14.7 Å². The van der Waals surface area contributed by atoms with E-state index < -0.39 is 0 Å². The molecule has 26 heavy (non-hydrogen) atoms. The van der Waals surface area contributed by atoms with Gasteiger partial charge >= 0.3 is 0 Å². The van der Waals surface area contributed by atoms with Crippen molar-refractivity contribution in [2.45, 2.75) is 26.8 Å². The Morgan fingerprint density at radius 2 is 1.58 bits per heavy atom. The van der Waals surface area contributed by atoms with Gasteiger partial charge in [0, 0.05) is 52.3 Å². The van der Waals surface area contributed by atoms with E-state index in [1.807, 2.05) is 11.8 Å². The molecule has 0 bridgehead atoms. The number of fused-ring (bicyclic) bond motifs is 1. The number of hydrogen-bond acceptors (Lipinski definition) is 5. The molecule has 6 heteroatoms. The van der Waals surface area contributed by atoms with Crippen LogP contribution < -0.4 is 9.80 Å². The summed E-state index contributed by atoms with van der Waals surface area (Å²) in [6.45, 7) is 8.61. The minimum atomic E-state index is 0.149. The first kappa shape index (κ1) is 16.8. The molecule has 1 aromatic heterocycles. The molecular weight excluding hydrogens is 326 g/mol. The minimum Gasteiger partial charge on any atom is -0.353 e. The van der Waals surface area contributed by atoms with Crippen molar-refractivity contribution in [1.29, 1.82) is 0 Å². The van der Waals surface area contributed by atoms with E-state index in [4.69, 9.17) is 4.98 Å². The van der Waals surface area contributed by atoms with Crippen molar-refractivity contribution in [3.63, 3.8) is 0 Å². The van der Waals surface area contributed by atoms with E-state index >= 15 is 0 Å². The second kappa shape index (κ2) is 6.94. The number of hydrogen-bond donors (Lipinski definition) is 0. The quantitative estimate of drug-likeness (QED) is 0.828. The van der Waals surface area contributed by atoms with Crippen LogP contribution in [-0.2, 0) is 17.8 Å². The fraction of sp³-hybridized carbons (Fsp3) is 0.450. The molecule has 1 amide bonds. The maximum Gasteiger partial charge on any atom is 0.219 e. The van der Waals surface area contributed by atoms with Crippen LogP contribution in [0.2, 0.25) is 0 Å². The third kappa shape index (κ3) is 3.36. The van der Waals surface area contributed by atoms with Crippen molar-refractivity contribution in [1.82, 2.24) is 14.9 Å². The van der Waals surface area contributed by atoms with Gasteiger partial charge in [-0.2, -0.15) is 0 Å². The zero-order valence-electron chi connectivity index (χ0n) is 15.5. The summed E-state index contributed by atoms with van der Waals surface area (Å²) in [4.78, 5) is 27.4. The third-order valence-electron chi connectivity index (χ3n) is 5.31. The van der Waals surface area contributed by atoms with Gasteiger partial charge in [0.15, 0.2) is 0 Å². The number of carbonyl (C=O) groups is 1. The molecule has 1 fully saturated rings. The zero-order chi connectivity index (χ0) is 18.1. The van der Waals surface area contributed by atoms with Crippen molar-refractivity contribution in [2.24, 2.45) is 0 Å². The number of piperazine rings is 1. The summed E-state index contributed by atoms with van der Waals surface area (Å²) >= 11 is 0. The highest BCUT2D eigenvalue weighted by atomic mass is 16.2. The Balaban J connectivity index is 1.53. The monoisotopic (exact) mass is 351 g/mol. The number of aromatic nitrogens is 2. The summed E-state index contributed by atoms with van der Waals surface area (Å²) in [5.74, 6) is 2.91. The number of anilines is 2. The van der Waals surface area contributed by atoms with Gasteiger partial charge in [-0.25, -0.2) is 9.97 Å². The highest BCUT2D eigenvalue weighted by molar-refractivity contribution is 5.73. The second-order valence-electron chi connectivity index (χ2n) is 7.06. The summed E-state index contributed by atoms with van der Waals surface area (Å²) in [6, 6.07) is 10.7. The van der Waals surface area contributed by atoms with Crippen LogP contribution in [0.3, 0.4) is 0 Å². The van der Waals surface area contributed by atoms with Gasteiger partial charge in [-0.1, -0.05) is 24.3 Å².